The van der Waals surface area contributed by atoms with Crippen LogP contribution in [0.3, 0.4) is 0 Å². The minimum Gasteiger partial charge on any atom is -0.493 e. The minimum absolute atomic E-state index is 0.281. The first-order valence-electron chi connectivity index (χ1n) is 6.91. The molecule has 118 valence electrons. The van der Waals surface area contributed by atoms with Gasteiger partial charge in [0.2, 0.25) is 0 Å². The molecule has 0 unspecified atom stereocenters. The number of benzene rings is 2. The molecule has 0 radical (unpaired) electrons. The summed E-state index contributed by atoms with van der Waals surface area (Å²) in [7, 11) is 1.52. The van der Waals surface area contributed by atoms with Gasteiger partial charge in [0.05, 0.1) is 29.8 Å². The third-order valence-corrected chi connectivity index (χ3v) is 3.64. The number of carbonyl (C=O) groups is 1. The maximum Gasteiger partial charge on any atom is 0.255 e. The largest absolute Gasteiger partial charge is 0.493 e. The van der Waals surface area contributed by atoms with Gasteiger partial charge in [0.1, 0.15) is 0 Å². The lowest BCUT2D eigenvalue weighted by atomic mass is 10.1. The Hall–Kier alpha value is -2.52. The van der Waals surface area contributed by atoms with E-state index >= 15 is 0 Å². The predicted molar refractivity (Wildman–Crippen MR) is 91.0 cm³/mol. The average molecular weight is 375 g/mol. The van der Waals surface area contributed by atoms with Crippen LogP contribution in [0.4, 0.5) is 5.69 Å². The summed E-state index contributed by atoms with van der Waals surface area (Å²) >= 11 is 3.39. The molecule has 0 heterocycles. The summed E-state index contributed by atoms with van der Waals surface area (Å²) in [5.41, 5.74) is 1.58. The predicted octanol–water partition coefficient (Wildman–Crippen LogP) is 3.98. The highest BCUT2D eigenvalue weighted by Crippen LogP contribution is 2.36. The van der Waals surface area contributed by atoms with Crippen LogP contribution in [0.15, 0.2) is 40.9 Å². The number of ether oxygens (including phenoxy) is 2. The first-order valence-corrected chi connectivity index (χ1v) is 7.70. The van der Waals surface area contributed by atoms with Crippen molar-refractivity contribution in [3.8, 4) is 17.6 Å². The molecular weight excluding hydrogens is 360 g/mol. The van der Waals surface area contributed by atoms with Gasteiger partial charge in [0.15, 0.2) is 11.5 Å². The molecule has 0 aliphatic heterocycles. The number of carbonyl (C=O) groups excluding carboxylic acids is 1. The van der Waals surface area contributed by atoms with Crippen LogP contribution >= 0.6 is 15.9 Å². The Bertz CT molecular complexity index is 752. The summed E-state index contributed by atoms with van der Waals surface area (Å²) in [5.74, 6) is 0.757. The average Bonchev–Trinajstić information content (AvgIpc) is 2.57. The Kier molecular flexibility index (Phi) is 5.61. The van der Waals surface area contributed by atoms with E-state index in [4.69, 9.17) is 14.7 Å². The van der Waals surface area contributed by atoms with E-state index in [0.29, 0.717) is 39.4 Å². The number of nitrogens with zero attached hydrogens (tertiary/aromatic N) is 1. The SMILES string of the molecule is CCOc1c(Br)cc(C(=O)Nc2ccc(C#N)cc2)cc1OC. The molecule has 0 spiro atoms. The van der Waals surface area contributed by atoms with Gasteiger partial charge in [-0.2, -0.15) is 5.26 Å². The van der Waals surface area contributed by atoms with Gasteiger partial charge in [0, 0.05) is 11.3 Å². The van der Waals surface area contributed by atoms with E-state index in [-0.39, 0.29) is 5.91 Å². The van der Waals surface area contributed by atoms with Crippen LogP contribution in [0.2, 0.25) is 0 Å². The molecule has 5 nitrogen and oxygen atoms in total. The van der Waals surface area contributed by atoms with Crippen LogP contribution < -0.4 is 14.8 Å². The van der Waals surface area contributed by atoms with Crippen LogP contribution in [-0.4, -0.2) is 19.6 Å². The molecular formula is C17H15BrN2O3. The summed E-state index contributed by atoms with van der Waals surface area (Å²) in [6.45, 7) is 2.36. The van der Waals surface area contributed by atoms with Crippen LogP contribution in [0.25, 0.3) is 0 Å². The van der Waals surface area contributed by atoms with Gasteiger partial charge in [0.25, 0.3) is 5.91 Å². The number of hydrogen-bond donors (Lipinski definition) is 1. The van der Waals surface area contributed by atoms with E-state index < -0.39 is 0 Å². The van der Waals surface area contributed by atoms with Gasteiger partial charge in [-0.25, -0.2) is 0 Å². The molecule has 0 atom stereocenters. The number of nitrogens with one attached hydrogen (secondary N) is 1. The molecule has 2 rings (SSSR count). The summed E-state index contributed by atoms with van der Waals surface area (Å²) < 4.78 is 11.4. The zero-order valence-electron chi connectivity index (χ0n) is 12.7. The first-order chi connectivity index (χ1) is 11.1. The van der Waals surface area contributed by atoms with Crippen LogP contribution in [0, 0.1) is 11.3 Å². The normalized spacial score (nSPS) is 9.83. The smallest absolute Gasteiger partial charge is 0.255 e. The zero-order chi connectivity index (χ0) is 16.8. The summed E-state index contributed by atoms with van der Waals surface area (Å²) in [6.07, 6.45) is 0. The number of halogens is 1. The third kappa shape index (κ3) is 4.02. The van der Waals surface area contributed by atoms with Crippen LogP contribution in [-0.2, 0) is 0 Å². The zero-order valence-corrected chi connectivity index (χ0v) is 14.3. The molecule has 0 saturated heterocycles. The lowest BCUT2D eigenvalue weighted by Gasteiger charge is -2.13. The quantitative estimate of drug-likeness (QED) is 0.858. The highest BCUT2D eigenvalue weighted by molar-refractivity contribution is 9.10. The molecule has 2 aromatic carbocycles. The number of hydrogen-bond acceptors (Lipinski definition) is 4. The van der Waals surface area contributed by atoms with Crippen molar-refractivity contribution in [2.24, 2.45) is 0 Å². The Morgan fingerprint density at radius 1 is 1.30 bits per heavy atom. The van der Waals surface area contributed by atoms with Crippen molar-refractivity contribution in [2.45, 2.75) is 6.92 Å². The molecule has 0 aliphatic rings. The summed E-state index contributed by atoms with van der Waals surface area (Å²) in [5, 5.41) is 11.6. The molecule has 2 aromatic rings. The second-order valence-corrected chi connectivity index (χ2v) is 5.42. The van der Waals surface area contributed by atoms with Crippen molar-refractivity contribution in [3.05, 3.63) is 52.0 Å². The third-order valence-electron chi connectivity index (χ3n) is 3.05. The fourth-order valence-corrected chi connectivity index (χ4v) is 2.52. The molecule has 0 fully saturated rings. The van der Waals surface area contributed by atoms with E-state index in [1.807, 2.05) is 13.0 Å². The van der Waals surface area contributed by atoms with Crippen molar-refractivity contribution in [3.63, 3.8) is 0 Å². The molecule has 0 aromatic heterocycles. The molecule has 0 saturated carbocycles. The molecule has 1 N–H and O–H groups in total. The van der Waals surface area contributed by atoms with Gasteiger partial charge >= 0.3 is 0 Å². The molecule has 0 bridgehead atoms. The maximum atomic E-state index is 12.4. The lowest BCUT2D eigenvalue weighted by Crippen LogP contribution is -2.12. The molecule has 23 heavy (non-hydrogen) atoms. The molecule has 6 heteroatoms. The second-order valence-electron chi connectivity index (χ2n) is 4.57. The van der Waals surface area contributed by atoms with Crippen LogP contribution in [0.5, 0.6) is 11.5 Å². The van der Waals surface area contributed by atoms with Crippen molar-refractivity contribution in [1.29, 1.82) is 5.26 Å². The van der Waals surface area contributed by atoms with Gasteiger partial charge < -0.3 is 14.8 Å². The van der Waals surface area contributed by atoms with Crippen LogP contribution in [0.1, 0.15) is 22.8 Å². The van der Waals surface area contributed by atoms with Crippen molar-refractivity contribution in [2.75, 3.05) is 19.0 Å². The standard InChI is InChI=1S/C17H15BrN2O3/c1-3-23-16-14(18)8-12(9-15(16)22-2)17(21)20-13-6-4-11(10-19)5-7-13/h4-9H,3H2,1-2H3,(H,20,21). The first kappa shape index (κ1) is 16.8. The fraction of sp³-hybridized carbons (Fsp3) is 0.176. The topological polar surface area (TPSA) is 71.3 Å². The highest BCUT2D eigenvalue weighted by Gasteiger charge is 2.15. The molecule has 0 aliphatic carbocycles. The van der Waals surface area contributed by atoms with Crippen molar-refractivity contribution < 1.29 is 14.3 Å². The number of rotatable bonds is 5. The van der Waals surface area contributed by atoms with Gasteiger partial charge in [-0.3, -0.25) is 4.79 Å². The van der Waals surface area contributed by atoms with E-state index in [1.54, 1.807) is 36.4 Å². The van der Waals surface area contributed by atoms with Gasteiger partial charge in [-0.05, 0) is 59.3 Å². The number of methoxy groups -OCH3 is 1. The molecule has 1 amide bonds. The number of nitriles is 1. The Balaban J connectivity index is 2.25. The Morgan fingerprint density at radius 3 is 2.57 bits per heavy atom. The monoisotopic (exact) mass is 374 g/mol. The fourth-order valence-electron chi connectivity index (χ4n) is 1.97. The Morgan fingerprint density at radius 2 is 2.00 bits per heavy atom. The van der Waals surface area contributed by atoms with E-state index in [1.165, 1.54) is 7.11 Å². The van der Waals surface area contributed by atoms with Crippen molar-refractivity contribution >= 4 is 27.5 Å². The summed E-state index contributed by atoms with van der Waals surface area (Å²) in [4.78, 5) is 12.4. The van der Waals surface area contributed by atoms with Gasteiger partial charge in [-0.1, -0.05) is 0 Å². The van der Waals surface area contributed by atoms with Gasteiger partial charge in [-0.15, -0.1) is 0 Å². The van der Waals surface area contributed by atoms with Crippen molar-refractivity contribution in [1.82, 2.24) is 0 Å². The Labute approximate surface area is 143 Å². The van der Waals surface area contributed by atoms with E-state index in [9.17, 15) is 4.79 Å². The minimum atomic E-state index is -0.281. The summed E-state index contributed by atoms with van der Waals surface area (Å²) in [6, 6.07) is 12.0. The number of anilines is 1. The highest BCUT2D eigenvalue weighted by atomic mass is 79.9. The maximum absolute atomic E-state index is 12.4. The number of amides is 1. The second kappa shape index (κ2) is 7.65. The van der Waals surface area contributed by atoms with E-state index in [2.05, 4.69) is 21.2 Å². The lowest BCUT2D eigenvalue weighted by molar-refractivity contribution is 0.102. The van der Waals surface area contributed by atoms with E-state index in [0.717, 1.165) is 0 Å².